The van der Waals surface area contributed by atoms with Gasteiger partial charge in [-0.2, -0.15) is 22.7 Å². The van der Waals surface area contributed by atoms with Crippen LogP contribution in [0.4, 0.5) is 28.0 Å². The number of alkyl carbamates (subject to hydrolysis) is 1. The van der Waals surface area contributed by atoms with E-state index in [9.17, 15) is 36.7 Å². The second-order valence-corrected chi connectivity index (χ2v) is 15.8. The highest BCUT2D eigenvalue weighted by molar-refractivity contribution is 5.97. The number of benzene rings is 3. The number of nitrogens with zero attached hydrogens (tertiary/aromatic N) is 2. The van der Waals surface area contributed by atoms with Crippen molar-refractivity contribution in [1.29, 1.82) is 0 Å². The number of aromatic amines is 1. The zero-order valence-electron chi connectivity index (χ0n) is 33.3. The van der Waals surface area contributed by atoms with Crippen LogP contribution in [0.3, 0.4) is 0 Å². The van der Waals surface area contributed by atoms with Gasteiger partial charge in [-0.15, -0.1) is 0 Å². The lowest BCUT2D eigenvalue weighted by atomic mass is 9.81. The van der Waals surface area contributed by atoms with Crippen molar-refractivity contribution in [2.24, 2.45) is 11.8 Å². The van der Waals surface area contributed by atoms with Gasteiger partial charge in [0.1, 0.15) is 17.4 Å². The molecule has 3 aromatic carbocycles. The monoisotopic (exact) mass is 824 g/mol. The van der Waals surface area contributed by atoms with E-state index in [1.807, 2.05) is 62.4 Å². The Balaban J connectivity index is 1.29. The number of halogens is 4. The van der Waals surface area contributed by atoms with Crippen molar-refractivity contribution in [3.05, 3.63) is 84.2 Å². The van der Waals surface area contributed by atoms with Crippen molar-refractivity contribution in [2.75, 3.05) is 11.9 Å². The molecule has 1 aliphatic rings. The highest BCUT2D eigenvalue weighted by Crippen LogP contribution is 2.42. The van der Waals surface area contributed by atoms with Crippen LogP contribution in [0.5, 0.6) is 5.75 Å². The molecule has 0 spiro atoms. The standard InChI is InChI=1S/C42H48F4N6O7/c1-24(2)58-33-9-7-6-8-31(33)27-14-10-25(11-15-27)22-32(49-35(53)29-16-12-26(13-17-29)23-47-39(57)59-40(3,4)5)36(54)48-30-20-18-28(19-21-30)34-50-37(52-51-34)41(43,44)42(45,46)38(55)56/h6-11,14-15,18-21,24,26,29,32H,12-13,16-17,22-23H2,1-5H3,(H,47,57)(H,48,54)(H,49,53)(H,55,56)(H,50,51,52)/t26-,29-,32-/m0/s1. The Hall–Kier alpha value is -6.00. The van der Waals surface area contributed by atoms with Gasteiger partial charge in [0.25, 0.3) is 0 Å². The molecule has 17 heteroatoms. The maximum atomic E-state index is 14.3. The molecule has 13 nitrogen and oxygen atoms in total. The number of aromatic nitrogens is 3. The number of ether oxygens (including phenoxy) is 2. The number of carbonyl (C=O) groups excluding carboxylic acids is 3. The van der Waals surface area contributed by atoms with Gasteiger partial charge in [-0.3, -0.25) is 14.7 Å². The Labute approximate surface area is 338 Å². The molecule has 0 radical (unpaired) electrons. The molecule has 0 bridgehead atoms. The minimum absolute atomic E-state index is 0.0345. The second kappa shape index (κ2) is 18.3. The first-order valence-corrected chi connectivity index (χ1v) is 19.2. The van der Waals surface area contributed by atoms with Crippen molar-refractivity contribution in [1.82, 2.24) is 25.8 Å². The normalized spacial score (nSPS) is 16.5. The van der Waals surface area contributed by atoms with Crippen LogP contribution in [0.2, 0.25) is 0 Å². The fraction of sp³-hybridized carbons (Fsp3) is 0.429. The molecule has 1 saturated carbocycles. The van der Waals surface area contributed by atoms with Crippen LogP contribution in [0.25, 0.3) is 22.5 Å². The van der Waals surface area contributed by atoms with Crippen molar-refractivity contribution >= 4 is 29.6 Å². The summed E-state index contributed by atoms with van der Waals surface area (Å²) in [5, 5.41) is 22.3. The molecule has 1 aromatic heterocycles. The highest BCUT2D eigenvalue weighted by atomic mass is 19.3. The highest BCUT2D eigenvalue weighted by Gasteiger charge is 2.66. The zero-order chi connectivity index (χ0) is 43.1. The topological polar surface area (TPSA) is 185 Å². The number of carboxylic acid groups (broad SMARTS) is 1. The summed E-state index contributed by atoms with van der Waals surface area (Å²) in [5.74, 6) is -16.1. The van der Waals surface area contributed by atoms with Crippen LogP contribution in [0, 0.1) is 11.8 Å². The van der Waals surface area contributed by atoms with Crippen LogP contribution in [0.15, 0.2) is 72.8 Å². The molecule has 1 aliphatic carbocycles. The summed E-state index contributed by atoms with van der Waals surface area (Å²) in [6, 6.07) is 19.7. The largest absolute Gasteiger partial charge is 0.490 e. The van der Waals surface area contributed by atoms with E-state index in [4.69, 9.17) is 14.6 Å². The predicted molar refractivity (Wildman–Crippen MR) is 210 cm³/mol. The van der Waals surface area contributed by atoms with Crippen LogP contribution >= 0.6 is 0 Å². The third-order valence-corrected chi connectivity index (χ3v) is 9.59. The number of anilines is 1. The quantitative estimate of drug-likeness (QED) is 0.0749. The average molecular weight is 825 g/mol. The number of carboxylic acids is 1. The molecule has 3 amide bonds. The van der Waals surface area contributed by atoms with Gasteiger partial charge in [0, 0.05) is 35.7 Å². The molecular formula is C42H48F4N6O7. The van der Waals surface area contributed by atoms with E-state index in [2.05, 4.69) is 31.1 Å². The summed E-state index contributed by atoms with van der Waals surface area (Å²) in [6.07, 6.45) is 2.08. The van der Waals surface area contributed by atoms with E-state index in [1.165, 1.54) is 24.3 Å². The number of amides is 3. The number of H-pyrrole nitrogens is 1. The van der Waals surface area contributed by atoms with Gasteiger partial charge in [0.2, 0.25) is 17.6 Å². The van der Waals surface area contributed by atoms with Gasteiger partial charge in [-0.05, 0) is 108 Å². The first-order valence-electron chi connectivity index (χ1n) is 19.2. The zero-order valence-corrected chi connectivity index (χ0v) is 33.3. The van der Waals surface area contributed by atoms with Crippen molar-refractivity contribution in [3.8, 4) is 28.3 Å². The number of hydrogen-bond donors (Lipinski definition) is 5. The number of rotatable bonds is 15. The molecule has 5 N–H and O–H groups in total. The minimum Gasteiger partial charge on any atom is -0.490 e. The summed E-state index contributed by atoms with van der Waals surface area (Å²) in [7, 11) is 0. The Kier molecular flexibility index (Phi) is 13.7. The predicted octanol–water partition coefficient (Wildman–Crippen LogP) is 7.73. The van der Waals surface area contributed by atoms with Gasteiger partial charge in [0.15, 0.2) is 5.82 Å². The summed E-state index contributed by atoms with van der Waals surface area (Å²) >= 11 is 0. The van der Waals surface area contributed by atoms with E-state index in [-0.39, 0.29) is 47.3 Å². The lowest BCUT2D eigenvalue weighted by molar-refractivity contribution is -0.231. The molecule has 5 rings (SSSR count). The van der Waals surface area contributed by atoms with E-state index in [0.717, 1.165) is 22.4 Å². The Morgan fingerprint density at radius 1 is 0.881 bits per heavy atom. The fourth-order valence-electron chi connectivity index (χ4n) is 6.53. The molecule has 1 fully saturated rings. The van der Waals surface area contributed by atoms with Crippen LogP contribution in [0.1, 0.15) is 71.7 Å². The number of hydrogen-bond acceptors (Lipinski definition) is 8. The molecule has 4 aromatic rings. The number of para-hydroxylation sites is 1. The first-order chi connectivity index (χ1) is 27.7. The molecule has 0 unspecified atom stereocenters. The maximum Gasteiger partial charge on any atom is 0.411 e. The van der Waals surface area contributed by atoms with Gasteiger partial charge in [-0.1, -0.05) is 42.5 Å². The van der Waals surface area contributed by atoms with Crippen molar-refractivity contribution in [3.63, 3.8) is 0 Å². The minimum atomic E-state index is -5.46. The van der Waals surface area contributed by atoms with E-state index in [1.54, 1.807) is 20.8 Å². The summed E-state index contributed by atoms with van der Waals surface area (Å²) < 4.78 is 67.2. The summed E-state index contributed by atoms with van der Waals surface area (Å²) in [4.78, 5) is 53.8. The molecule has 316 valence electrons. The number of carbonyl (C=O) groups is 4. The summed E-state index contributed by atoms with van der Waals surface area (Å²) in [5.41, 5.74) is 2.31. The molecule has 1 atom stereocenters. The van der Waals surface area contributed by atoms with Gasteiger partial charge in [0.05, 0.1) is 6.10 Å². The Bertz CT molecular complexity index is 2090. The molecule has 59 heavy (non-hydrogen) atoms. The van der Waals surface area contributed by atoms with Gasteiger partial charge in [-0.25, -0.2) is 14.6 Å². The van der Waals surface area contributed by atoms with Crippen LogP contribution < -0.4 is 20.7 Å². The lowest BCUT2D eigenvalue weighted by Gasteiger charge is -2.29. The van der Waals surface area contributed by atoms with Gasteiger partial charge >= 0.3 is 23.9 Å². The van der Waals surface area contributed by atoms with Gasteiger partial charge < -0.3 is 30.5 Å². The van der Waals surface area contributed by atoms with Crippen LogP contribution in [-0.4, -0.2) is 74.4 Å². The van der Waals surface area contributed by atoms with Crippen molar-refractivity contribution < 1.29 is 51.3 Å². The molecule has 0 aliphatic heterocycles. The molecule has 0 saturated heterocycles. The lowest BCUT2D eigenvalue weighted by Crippen LogP contribution is -2.48. The SMILES string of the molecule is CC(C)Oc1ccccc1-c1ccc(C[C@H](NC(=O)[C@H]2CC[C@H](CNC(=O)OC(C)(C)C)CC2)C(=O)Nc2ccc(-c3nc(C(F)(F)C(F)(F)C(=O)O)n[nH]3)cc2)cc1. The number of alkyl halides is 4. The second-order valence-electron chi connectivity index (χ2n) is 15.8. The van der Waals surface area contributed by atoms with Crippen molar-refractivity contribution in [2.45, 2.75) is 96.3 Å². The number of nitrogens with one attached hydrogen (secondary N) is 4. The van der Waals surface area contributed by atoms with E-state index < -0.39 is 47.3 Å². The van der Waals surface area contributed by atoms with E-state index >= 15 is 0 Å². The summed E-state index contributed by atoms with van der Waals surface area (Å²) in [6.45, 7) is 9.65. The first kappa shape index (κ1) is 44.1. The molecule has 1 heterocycles. The van der Waals surface area contributed by atoms with Crippen LogP contribution in [-0.2, 0) is 31.5 Å². The smallest absolute Gasteiger partial charge is 0.411 e. The third-order valence-electron chi connectivity index (χ3n) is 9.59. The number of aliphatic carboxylic acids is 1. The molecular weight excluding hydrogens is 776 g/mol. The Morgan fingerprint density at radius 2 is 1.51 bits per heavy atom. The third kappa shape index (κ3) is 11.4. The Morgan fingerprint density at radius 3 is 2.12 bits per heavy atom. The van der Waals surface area contributed by atoms with E-state index in [0.29, 0.717) is 32.2 Å². The fourth-order valence-corrected chi connectivity index (χ4v) is 6.53. The maximum absolute atomic E-state index is 14.3. The average Bonchev–Trinajstić information content (AvgIpc) is 3.68.